The third-order valence-corrected chi connectivity index (χ3v) is 4.44. The van der Waals surface area contributed by atoms with Gasteiger partial charge in [0.1, 0.15) is 0 Å². The maximum absolute atomic E-state index is 12.7. The number of benzene rings is 1. The molecule has 0 aromatic heterocycles. The first kappa shape index (κ1) is 15.3. The van der Waals surface area contributed by atoms with E-state index in [1.165, 1.54) is 5.56 Å². The van der Waals surface area contributed by atoms with E-state index >= 15 is 0 Å². The molecule has 2 aliphatic rings. The van der Waals surface area contributed by atoms with Gasteiger partial charge in [-0.05, 0) is 37.7 Å². The molecule has 1 aromatic carbocycles. The fourth-order valence-electron chi connectivity index (χ4n) is 3.13. The number of hydrogen-bond acceptors (Lipinski definition) is 2. The Labute approximate surface area is 126 Å². The fourth-order valence-corrected chi connectivity index (χ4v) is 3.13. The van der Waals surface area contributed by atoms with Crippen molar-refractivity contribution in [3.63, 3.8) is 0 Å². The highest BCUT2D eigenvalue weighted by atomic mass is 35.5. The summed E-state index contributed by atoms with van der Waals surface area (Å²) < 4.78 is 0. The van der Waals surface area contributed by atoms with Crippen molar-refractivity contribution in [1.29, 1.82) is 0 Å². The van der Waals surface area contributed by atoms with Crippen LogP contribution in [0.25, 0.3) is 0 Å². The van der Waals surface area contributed by atoms with Crippen molar-refractivity contribution in [2.45, 2.75) is 38.1 Å². The second kappa shape index (κ2) is 6.15. The van der Waals surface area contributed by atoms with Gasteiger partial charge in [0.05, 0.1) is 5.41 Å². The number of carbonyl (C=O) groups is 1. The zero-order valence-corrected chi connectivity index (χ0v) is 12.6. The lowest BCUT2D eigenvalue weighted by atomic mass is 9.93. The summed E-state index contributed by atoms with van der Waals surface area (Å²) in [6.07, 6.45) is 5.06. The number of hydrogen-bond donors (Lipinski definition) is 1. The highest BCUT2D eigenvalue weighted by molar-refractivity contribution is 5.86. The molecule has 1 unspecified atom stereocenters. The van der Waals surface area contributed by atoms with Crippen LogP contribution in [0.5, 0.6) is 0 Å². The van der Waals surface area contributed by atoms with Crippen LogP contribution in [0, 0.1) is 5.41 Å². The molecule has 3 rings (SSSR count). The number of piperidine rings is 1. The van der Waals surface area contributed by atoms with Crippen LogP contribution in [-0.2, 0) is 11.2 Å². The van der Waals surface area contributed by atoms with Crippen molar-refractivity contribution in [3.05, 3.63) is 35.9 Å². The fraction of sp³-hybridized carbons (Fsp3) is 0.562. The zero-order valence-electron chi connectivity index (χ0n) is 11.8. The molecule has 1 heterocycles. The monoisotopic (exact) mass is 294 g/mol. The molecular formula is C16H23ClN2O. The van der Waals surface area contributed by atoms with Crippen LogP contribution in [-0.4, -0.2) is 29.9 Å². The Morgan fingerprint density at radius 1 is 1.30 bits per heavy atom. The number of likely N-dealkylation sites (tertiary alicyclic amines) is 1. The van der Waals surface area contributed by atoms with E-state index in [0.717, 1.165) is 45.2 Å². The van der Waals surface area contributed by atoms with Gasteiger partial charge in [0.25, 0.3) is 0 Å². The molecule has 0 bridgehead atoms. The van der Waals surface area contributed by atoms with Crippen LogP contribution in [0.4, 0.5) is 0 Å². The van der Waals surface area contributed by atoms with Crippen LogP contribution in [0.2, 0.25) is 0 Å². The molecule has 1 aliphatic heterocycles. The van der Waals surface area contributed by atoms with Gasteiger partial charge in [-0.1, -0.05) is 30.3 Å². The highest BCUT2D eigenvalue weighted by Gasteiger charge is 2.51. The summed E-state index contributed by atoms with van der Waals surface area (Å²) in [4.78, 5) is 14.7. The van der Waals surface area contributed by atoms with Crippen molar-refractivity contribution >= 4 is 18.3 Å². The van der Waals surface area contributed by atoms with Crippen LogP contribution in [0.1, 0.15) is 31.2 Å². The average Bonchev–Trinajstić information content (AvgIpc) is 3.20. The van der Waals surface area contributed by atoms with Crippen molar-refractivity contribution in [1.82, 2.24) is 4.90 Å². The zero-order chi connectivity index (χ0) is 13.3. The minimum atomic E-state index is -0.113. The molecule has 1 aliphatic carbocycles. The highest BCUT2D eigenvalue weighted by Crippen LogP contribution is 2.50. The lowest BCUT2D eigenvalue weighted by Crippen LogP contribution is -2.48. The van der Waals surface area contributed by atoms with Crippen LogP contribution < -0.4 is 5.73 Å². The summed E-state index contributed by atoms with van der Waals surface area (Å²) in [5.41, 5.74) is 7.15. The van der Waals surface area contributed by atoms with Gasteiger partial charge in [0, 0.05) is 19.1 Å². The number of amides is 1. The number of nitrogens with zero attached hydrogens (tertiary/aromatic N) is 1. The first-order chi connectivity index (χ1) is 9.20. The van der Waals surface area contributed by atoms with Gasteiger partial charge in [-0.25, -0.2) is 0 Å². The van der Waals surface area contributed by atoms with E-state index in [-0.39, 0.29) is 23.9 Å². The summed E-state index contributed by atoms with van der Waals surface area (Å²) in [5, 5.41) is 0. The predicted molar refractivity (Wildman–Crippen MR) is 82.9 cm³/mol. The molecule has 1 atom stereocenters. The Morgan fingerprint density at radius 2 is 2.00 bits per heavy atom. The summed E-state index contributed by atoms with van der Waals surface area (Å²) in [5.74, 6) is 0.339. The van der Waals surface area contributed by atoms with E-state index in [4.69, 9.17) is 5.73 Å². The molecule has 3 nitrogen and oxygen atoms in total. The summed E-state index contributed by atoms with van der Waals surface area (Å²) in [7, 11) is 0. The van der Waals surface area contributed by atoms with E-state index in [1.807, 2.05) is 23.1 Å². The van der Waals surface area contributed by atoms with Gasteiger partial charge >= 0.3 is 0 Å². The maximum atomic E-state index is 12.7. The Morgan fingerprint density at radius 3 is 2.60 bits per heavy atom. The number of rotatable bonds is 3. The Hall–Kier alpha value is -1.06. The molecule has 4 heteroatoms. The second-order valence-corrected chi connectivity index (χ2v) is 6.10. The van der Waals surface area contributed by atoms with Crippen molar-refractivity contribution in [2.75, 3.05) is 13.1 Å². The topological polar surface area (TPSA) is 46.3 Å². The lowest BCUT2D eigenvalue weighted by molar-refractivity contribution is -0.138. The number of carbonyl (C=O) groups excluding carboxylic acids is 1. The quantitative estimate of drug-likeness (QED) is 0.930. The molecule has 110 valence electrons. The van der Waals surface area contributed by atoms with Crippen molar-refractivity contribution in [2.24, 2.45) is 11.1 Å². The second-order valence-electron chi connectivity index (χ2n) is 6.10. The number of halogens is 1. The molecule has 2 fully saturated rings. The first-order valence-corrected chi connectivity index (χ1v) is 7.28. The van der Waals surface area contributed by atoms with Gasteiger partial charge in [-0.3, -0.25) is 4.79 Å². The van der Waals surface area contributed by atoms with E-state index in [2.05, 4.69) is 12.1 Å². The lowest BCUT2D eigenvalue weighted by Gasteiger charge is -2.33. The van der Waals surface area contributed by atoms with Gasteiger partial charge in [-0.2, -0.15) is 0 Å². The number of nitrogens with two attached hydrogens (primary N) is 1. The minimum absolute atomic E-state index is 0. The molecule has 1 saturated carbocycles. The molecule has 1 aromatic rings. The van der Waals surface area contributed by atoms with Crippen LogP contribution in [0.15, 0.2) is 30.3 Å². The van der Waals surface area contributed by atoms with Crippen molar-refractivity contribution in [3.8, 4) is 0 Å². The molecule has 20 heavy (non-hydrogen) atoms. The normalized spacial score (nSPS) is 23.9. The van der Waals surface area contributed by atoms with Gasteiger partial charge in [0.2, 0.25) is 5.91 Å². The SMILES string of the molecule is Cl.NC1CCCN(C(=O)C2(Cc3ccccc3)CC2)C1. The standard InChI is InChI=1S/C16H22N2O.ClH/c17-14-7-4-10-18(12-14)15(19)16(8-9-16)11-13-5-2-1-3-6-13;/h1-3,5-6,14H,4,7-12,17H2;1H. The molecule has 1 saturated heterocycles. The van der Waals surface area contributed by atoms with Crippen LogP contribution >= 0.6 is 12.4 Å². The molecule has 0 spiro atoms. The van der Waals surface area contributed by atoms with Gasteiger partial charge in [0.15, 0.2) is 0 Å². The molecule has 1 amide bonds. The maximum Gasteiger partial charge on any atom is 0.229 e. The van der Waals surface area contributed by atoms with E-state index in [1.54, 1.807) is 0 Å². The molecular weight excluding hydrogens is 272 g/mol. The first-order valence-electron chi connectivity index (χ1n) is 7.28. The predicted octanol–water partition coefficient (Wildman–Crippen LogP) is 2.38. The largest absolute Gasteiger partial charge is 0.341 e. The van der Waals surface area contributed by atoms with E-state index in [0.29, 0.717) is 5.91 Å². The Kier molecular flexibility index (Phi) is 4.71. The smallest absolute Gasteiger partial charge is 0.229 e. The average molecular weight is 295 g/mol. The van der Waals surface area contributed by atoms with Gasteiger partial charge < -0.3 is 10.6 Å². The van der Waals surface area contributed by atoms with Crippen LogP contribution in [0.3, 0.4) is 0 Å². The Bertz CT molecular complexity index is 459. The molecule has 0 radical (unpaired) electrons. The summed E-state index contributed by atoms with van der Waals surface area (Å²) in [6.45, 7) is 1.64. The summed E-state index contributed by atoms with van der Waals surface area (Å²) >= 11 is 0. The van der Waals surface area contributed by atoms with E-state index in [9.17, 15) is 4.79 Å². The summed E-state index contributed by atoms with van der Waals surface area (Å²) in [6, 6.07) is 10.5. The third kappa shape index (κ3) is 3.15. The third-order valence-electron chi connectivity index (χ3n) is 4.44. The Balaban J connectivity index is 0.00000147. The molecule has 2 N–H and O–H groups in total. The van der Waals surface area contributed by atoms with Crippen molar-refractivity contribution < 1.29 is 4.79 Å². The van der Waals surface area contributed by atoms with E-state index < -0.39 is 0 Å². The minimum Gasteiger partial charge on any atom is -0.341 e. The van der Waals surface area contributed by atoms with Gasteiger partial charge in [-0.15, -0.1) is 12.4 Å².